The van der Waals surface area contributed by atoms with Gasteiger partial charge >= 0.3 is 0 Å². The number of fused-ring (bicyclic) bond motifs is 2. The number of hydrogen-bond donors (Lipinski definition) is 0. The van der Waals surface area contributed by atoms with Gasteiger partial charge in [0, 0.05) is 0 Å². The highest BCUT2D eigenvalue weighted by Gasteiger charge is 2.32. The number of carbonyl (C=O) groups excluding carboxylic acids is 1. The van der Waals surface area contributed by atoms with Gasteiger partial charge in [0.25, 0.3) is 5.91 Å². The lowest BCUT2D eigenvalue weighted by atomic mass is 10.2. The number of thiocarbonyl (C=S) groups is 1. The lowest BCUT2D eigenvalue weighted by Gasteiger charge is -2.06. The van der Waals surface area contributed by atoms with E-state index in [1.807, 2.05) is 24.3 Å². The van der Waals surface area contributed by atoms with Gasteiger partial charge in [-0.1, -0.05) is 17.8 Å². The summed E-state index contributed by atoms with van der Waals surface area (Å²) >= 11 is 6.51. The van der Waals surface area contributed by atoms with Crippen LogP contribution in [0.1, 0.15) is 11.1 Å². The molecule has 0 N–H and O–H groups in total. The molecule has 140 valence electrons. The quantitative estimate of drug-likeness (QED) is 0.435. The van der Waals surface area contributed by atoms with Gasteiger partial charge in [-0.25, -0.2) is 0 Å². The Labute approximate surface area is 169 Å². The second kappa shape index (κ2) is 6.84. The van der Waals surface area contributed by atoms with E-state index >= 15 is 0 Å². The standard InChI is InChI=1S/C19H12N2O5S2/c22-18-17(7-11-1-3-13-15(5-11)25-9-23-13)28-19(27)21(18)20-8-12-2-4-14-16(6-12)26-10-24-14/h1-8H,9-10H2/b17-7-,20-8+. The average molecular weight is 412 g/mol. The molecule has 2 aromatic rings. The number of amides is 1. The third kappa shape index (κ3) is 3.08. The van der Waals surface area contributed by atoms with Crippen LogP contribution in [0.3, 0.4) is 0 Å². The molecule has 0 unspecified atom stereocenters. The summed E-state index contributed by atoms with van der Waals surface area (Å²) < 4.78 is 21.7. The van der Waals surface area contributed by atoms with Crippen molar-refractivity contribution in [1.29, 1.82) is 0 Å². The summed E-state index contributed by atoms with van der Waals surface area (Å²) in [5.74, 6) is 2.42. The zero-order chi connectivity index (χ0) is 19.1. The SMILES string of the molecule is O=C1/C(=C/c2ccc3c(c2)OCO3)SC(=S)N1/N=C/c1ccc2c(c1)OCO2. The summed E-state index contributed by atoms with van der Waals surface area (Å²) in [6.07, 6.45) is 3.33. The van der Waals surface area contributed by atoms with E-state index in [0.717, 1.165) is 11.1 Å². The fraction of sp³-hybridized carbons (Fsp3) is 0.105. The van der Waals surface area contributed by atoms with Gasteiger partial charge in [0.1, 0.15) is 0 Å². The molecule has 0 aliphatic carbocycles. The first-order valence-corrected chi connectivity index (χ1v) is 9.51. The minimum absolute atomic E-state index is 0.204. The van der Waals surface area contributed by atoms with Crippen LogP contribution >= 0.6 is 24.0 Å². The number of hydrazone groups is 1. The first-order valence-electron chi connectivity index (χ1n) is 8.29. The zero-order valence-corrected chi connectivity index (χ0v) is 15.9. The number of nitrogens with zero attached hydrogens (tertiary/aromatic N) is 2. The van der Waals surface area contributed by atoms with E-state index in [9.17, 15) is 4.79 Å². The molecule has 0 bridgehead atoms. The molecular weight excluding hydrogens is 400 g/mol. The molecule has 0 radical (unpaired) electrons. The third-order valence-corrected chi connectivity index (χ3v) is 5.47. The number of carbonyl (C=O) groups is 1. The highest BCUT2D eigenvalue weighted by molar-refractivity contribution is 8.26. The first-order chi connectivity index (χ1) is 13.7. The molecule has 0 spiro atoms. The summed E-state index contributed by atoms with van der Waals surface area (Å²) in [5.41, 5.74) is 1.60. The first kappa shape index (κ1) is 17.1. The predicted molar refractivity (Wildman–Crippen MR) is 108 cm³/mol. The van der Waals surface area contributed by atoms with Crippen LogP contribution < -0.4 is 18.9 Å². The minimum Gasteiger partial charge on any atom is -0.454 e. The van der Waals surface area contributed by atoms with Crippen LogP contribution in [0.5, 0.6) is 23.0 Å². The van der Waals surface area contributed by atoms with E-state index in [2.05, 4.69) is 5.10 Å². The highest BCUT2D eigenvalue weighted by Crippen LogP contribution is 2.37. The average Bonchev–Trinajstić information content (AvgIpc) is 3.40. The van der Waals surface area contributed by atoms with Gasteiger partial charge in [-0.15, -0.1) is 0 Å². The fourth-order valence-electron chi connectivity index (χ4n) is 2.83. The second-order valence-electron chi connectivity index (χ2n) is 5.96. The lowest BCUT2D eigenvalue weighted by Crippen LogP contribution is -2.22. The zero-order valence-electron chi connectivity index (χ0n) is 14.3. The van der Waals surface area contributed by atoms with E-state index in [0.29, 0.717) is 32.2 Å². The Kier molecular flexibility index (Phi) is 4.18. The Morgan fingerprint density at radius 3 is 2.25 bits per heavy atom. The molecule has 0 saturated carbocycles. The summed E-state index contributed by atoms with van der Waals surface area (Å²) in [5, 5.41) is 5.46. The van der Waals surface area contributed by atoms with Gasteiger partial charge in [-0.3, -0.25) is 4.79 Å². The number of rotatable bonds is 3. The molecule has 9 heteroatoms. The van der Waals surface area contributed by atoms with Gasteiger partial charge in [-0.2, -0.15) is 10.1 Å². The van der Waals surface area contributed by atoms with Gasteiger partial charge in [0.15, 0.2) is 27.3 Å². The normalized spacial score (nSPS) is 18.7. The number of ether oxygens (including phenoxy) is 4. The third-order valence-electron chi connectivity index (χ3n) is 4.19. The summed E-state index contributed by atoms with van der Waals surface area (Å²) in [7, 11) is 0. The Balaban J connectivity index is 1.35. The molecule has 3 aliphatic rings. The van der Waals surface area contributed by atoms with Crippen molar-refractivity contribution in [2.45, 2.75) is 0 Å². The van der Waals surface area contributed by atoms with E-state index in [4.69, 9.17) is 31.2 Å². The monoisotopic (exact) mass is 412 g/mol. The van der Waals surface area contributed by atoms with Crippen LogP contribution in [0.4, 0.5) is 0 Å². The second-order valence-corrected chi connectivity index (χ2v) is 7.64. The van der Waals surface area contributed by atoms with Gasteiger partial charge in [0.2, 0.25) is 13.6 Å². The molecule has 0 aromatic heterocycles. The molecule has 7 nitrogen and oxygen atoms in total. The molecular formula is C19H12N2O5S2. The van der Waals surface area contributed by atoms with Crippen molar-refractivity contribution in [3.63, 3.8) is 0 Å². The van der Waals surface area contributed by atoms with Crippen LogP contribution in [0.2, 0.25) is 0 Å². The maximum Gasteiger partial charge on any atom is 0.286 e. The summed E-state index contributed by atoms with van der Waals surface area (Å²) in [4.78, 5) is 13.2. The van der Waals surface area contributed by atoms with Crippen LogP contribution in [0.15, 0.2) is 46.4 Å². The maximum atomic E-state index is 12.7. The topological polar surface area (TPSA) is 69.6 Å². The van der Waals surface area contributed by atoms with Gasteiger partial charge < -0.3 is 18.9 Å². The smallest absolute Gasteiger partial charge is 0.286 e. The van der Waals surface area contributed by atoms with Crippen molar-refractivity contribution in [2.75, 3.05) is 13.6 Å². The van der Waals surface area contributed by atoms with Gasteiger partial charge in [-0.05, 0) is 59.8 Å². The molecule has 28 heavy (non-hydrogen) atoms. The molecule has 1 amide bonds. The van der Waals surface area contributed by atoms with E-state index in [-0.39, 0.29) is 19.5 Å². The van der Waals surface area contributed by atoms with Crippen molar-refractivity contribution in [3.05, 3.63) is 52.4 Å². The number of hydrogen-bond acceptors (Lipinski definition) is 8. The predicted octanol–water partition coefficient (Wildman–Crippen LogP) is 3.38. The van der Waals surface area contributed by atoms with Crippen molar-refractivity contribution in [1.82, 2.24) is 5.01 Å². The molecule has 0 atom stereocenters. The lowest BCUT2D eigenvalue weighted by molar-refractivity contribution is -0.122. The van der Waals surface area contributed by atoms with E-state index < -0.39 is 0 Å². The Bertz CT molecular complexity index is 1070. The molecule has 3 heterocycles. The van der Waals surface area contributed by atoms with E-state index in [1.54, 1.807) is 24.4 Å². The largest absolute Gasteiger partial charge is 0.454 e. The van der Waals surface area contributed by atoms with Crippen LogP contribution in [-0.2, 0) is 4.79 Å². The Morgan fingerprint density at radius 2 is 1.54 bits per heavy atom. The van der Waals surface area contributed by atoms with Crippen molar-refractivity contribution < 1.29 is 23.7 Å². The van der Waals surface area contributed by atoms with Crippen molar-refractivity contribution in [2.24, 2.45) is 5.10 Å². The Hall–Kier alpha value is -3.04. The van der Waals surface area contributed by atoms with E-state index in [1.165, 1.54) is 16.8 Å². The summed E-state index contributed by atoms with van der Waals surface area (Å²) in [6, 6.07) is 10.9. The maximum absolute atomic E-state index is 12.7. The molecule has 5 rings (SSSR count). The minimum atomic E-state index is -0.273. The summed E-state index contributed by atoms with van der Waals surface area (Å²) in [6.45, 7) is 0.407. The van der Waals surface area contributed by atoms with Crippen LogP contribution in [0.25, 0.3) is 6.08 Å². The highest BCUT2D eigenvalue weighted by atomic mass is 32.2. The fourth-order valence-corrected chi connectivity index (χ4v) is 4.00. The van der Waals surface area contributed by atoms with Gasteiger partial charge in [0.05, 0.1) is 11.1 Å². The molecule has 1 saturated heterocycles. The Morgan fingerprint density at radius 1 is 0.929 bits per heavy atom. The molecule has 3 aliphatic heterocycles. The molecule has 1 fully saturated rings. The number of thioether (sulfide) groups is 1. The van der Waals surface area contributed by atoms with Crippen LogP contribution in [0, 0.1) is 0 Å². The molecule has 2 aromatic carbocycles. The van der Waals surface area contributed by atoms with Crippen molar-refractivity contribution >= 4 is 46.5 Å². The van der Waals surface area contributed by atoms with Crippen LogP contribution in [-0.4, -0.2) is 35.0 Å². The van der Waals surface area contributed by atoms with Crippen molar-refractivity contribution in [3.8, 4) is 23.0 Å². The number of benzene rings is 2.